The molecule has 1 saturated carbocycles. The Hall–Kier alpha value is -1.09. The summed E-state index contributed by atoms with van der Waals surface area (Å²) in [6, 6.07) is 5.16. The summed E-state index contributed by atoms with van der Waals surface area (Å²) < 4.78 is 15.9. The largest absolute Gasteiger partial charge is 0.328 e. The number of fused-ring (bicyclic) bond motifs is 1. The minimum absolute atomic E-state index is 0.241. The van der Waals surface area contributed by atoms with Crippen molar-refractivity contribution in [1.82, 2.24) is 9.55 Å². The first-order chi connectivity index (χ1) is 9.29. The normalized spacial score (nSPS) is 15.3. The number of rotatable bonds is 6. The average Bonchev–Trinajstić information content (AvgIpc) is 3.15. The highest BCUT2D eigenvalue weighted by Gasteiger charge is 2.21. The molecule has 0 atom stereocenters. The maximum atomic E-state index is 13.8. The van der Waals surface area contributed by atoms with Crippen LogP contribution in [0.15, 0.2) is 18.2 Å². The zero-order chi connectivity index (χ0) is 13.2. The highest BCUT2D eigenvalue weighted by Crippen LogP contribution is 2.33. The van der Waals surface area contributed by atoms with E-state index < -0.39 is 0 Å². The number of hydrogen-bond donors (Lipinski definition) is 0. The molecule has 102 valence electrons. The van der Waals surface area contributed by atoms with E-state index in [0.717, 1.165) is 30.2 Å². The molecule has 2 aromatic rings. The van der Waals surface area contributed by atoms with Crippen LogP contribution in [0.3, 0.4) is 0 Å². The molecule has 0 radical (unpaired) electrons. The van der Waals surface area contributed by atoms with E-state index in [0.29, 0.717) is 17.8 Å². The van der Waals surface area contributed by atoms with Gasteiger partial charge in [0.1, 0.15) is 11.3 Å². The molecule has 0 amide bonds. The molecule has 1 aliphatic rings. The third-order valence-electron chi connectivity index (χ3n) is 3.82. The van der Waals surface area contributed by atoms with E-state index in [4.69, 9.17) is 11.6 Å². The fourth-order valence-electron chi connectivity index (χ4n) is 2.63. The van der Waals surface area contributed by atoms with E-state index in [2.05, 4.69) is 9.55 Å². The molecule has 0 aliphatic heterocycles. The zero-order valence-corrected chi connectivity index (χ0v) is 11.7. The lowest BCUT2D eigenvalue weighted by atomic mass is 10.2. The van der Waals surface area contributed by atoms with Gasteiger partial charge < -0.3 is 4.57 Å². The Morgan fingerprint density at radius 1 is 1.37 bits per heavy atom. The quantitative estimate of drug-likeness (QED) is 0.727. The molecule has 0 bridgehead atoms. The molecule has 4 heteroatoms. The van der Waals surface area contributed by atoms with Gasteiger partial charge in [-0.05, 0) is 30.9 Å². The second-order valence-corrected chi connectivity index (χ2v) is 5.69. The van der Waals surface area contributed by atoms with Gasteiger partial charge in [-0.3, -0.25) is 0 Å². The summed E-state index contributed by atoms with van der Waals surface area (Å²) >= 11 is 5.82. The van der Waals surface area contributed by atoms with Crippen molar-refractivity contribution in [2.45, 2.75) is 38.6 Å². The van der Waals surface area contributed by atoms with Gasteiger partial charge in [0.2, 0.25) is 0 Å². The summed E-state index contributed by atoms with van der Waals surface area (Å²) in [4.78, 5) is 4.42. The van der Waals surface area contributed by atoms with Crippen molar-refractivity contribution in [2.24, 2.45) is 5.92 Å². The Bertz CT molecular complexity index is 575. The van der Waals surface area contributed by atoms with Crippen LogP contribution in [0, 0.1) is 11.7 Å². The summed E-state index contributed by atoms with van der Waals surface area (Å²) in [5, 5.41) is 0. The number of aryl methyl sites for hydroxylation is 2. The van der Waals surface area contributed by atoms with E-state index >= 15 is 0 Å². The molecule has 2 nitrogen and oxygen atoms in total. The lowest BCUT2D eigenvalue weighted by Gasteiger charge is -2.08. The van der Waals surface area contributed by atoms with Gasteiger partial charge in [0, 0.05) is 18.8 Å². The summed E-state index contributed by atoms with van der Waals surface area (Å²) in [5.41, 5.74) is 1.38. The van der Waals surface area contributed by atoms with Crippen molar-refractivity contribution in [3.63, 3.8) is 0 Å². The molecule has 1 fully saturated rings. The first-order valence-corrected chi connectivity index (χ1v) is 7.52. The molecular formula is C15H18ClFN2. The minimum Gasteiger partial charge on any atom is -0.328 e. The predicted molar refractivity (Wildman–Crippen MR) is 76.1 cm³/mol. The lowest BCUT2D eigenvalue weighted by molar-refractivity contribution is 0.571. The molecular weight excluding hydrogens is 263 g/mol. The third kappa shape index (κ3) is 2.76. The van der Waals surface area contributed by atoms with Gasteiger partial charge >= 0.3 is 0 Å². The van der Waals surface area contributed by atoms with Crippen LogP contribution in [0.25, 0.3) is 11.0 Å². The van der Waals surface area contributed by atoms with Gasteiger partial charge in [-0.1, -0.05) is 18.9 Å². The number of alkyl halides is 1. The second kappa shape index (κ2) is 5.49. The van der Waals surface area contributed by atoms with Crippen LogP contribution in [0.4, 0.5) is 4.39 Å². The first kappa shape index (κ1) is 12.9. The van der Waals surface area contributed by atoms with Crippen molar-refractivity contribution in [2.75, 3.05) is 5.88 Å². The molecule has 0 unspecified atom stereocenters. The Kier molecular flexibility index (Phi) is 3.74. The lowest BCUT2D eigenvalue weighted by Crippen LogP contribution is -2.05. The van der Waals surface area contributed by atoms with Crippen molar-refractivity contribution >= 4 is 22.6 Å². The summed E-state index contributed by atoms with van der Waals surface area (Å²) in [5.74, 6) is 2.12. The maximum absolute atomic E-state index is 13.8. The van der Waals surface area contributed by atoms with Gasteiger partial charge in [0.05, 0.1) is 5.52 Å². The number of aromatic nitrogens is 2. The number of para-hydroxylation sites is 1. The van der Waals surface area contributed by atoms with Gasteiger partial charge in [-0.25, -0.2) is 9.37 Å². The van der Waals surface area contributed by atoms with Crippen LogP contribution in [0.5, 0.6) is 0 Å². The van der Waals surface area contributed by atoms with E-state index in [1.54, 1.807) is 6.07 Å². The van der Waals surface area contributed by atoms with Crippen molar-refractivity contribution in [3.05, 3.63) is 29.8 Å². The molecule has 0 N–H and O–H groups in total. The fourth-order valence-corrected chi connectivity index (χ4v) is 2.80. The van der Waals surface area contributed by atoms with Crippen molar-refractivity contribution < 1.29 is 4.39 Å². The average molecular weight is 281 g/mol. The third-order valence-corrected chi connectivity index (χ3v) is 4.01. The van der Waals surface area contributed by atoms with E-state index in [1.807, 2.05) is 6.07 Å². The molecule has 3 rings (SSSR count). The molecule has 1 aromatic heterocycles. The van der Waals surface area contributed by atoms with Crippen LogP contribution in [0.2, 0.25) is 0 Å². The minimum atomic E-state index is -0.241. The van der Waals surface area contributed by atoms with Crippen LogP contribution in [-0.4, -0.2) is 15.4 Å². The topological polar surface area (TPSA) is 17.8 Å². The summed E-state index contributed by atoms with van der Waals surface area (Å²) in [6.07, 6.45) is 5.87. The zero-order valence-electron chi connectivity index (χ0n) is 10.9. The smallest absolute Gasteiger partial charge is 0.151 e. The number of halogens is 2. The molecule has 0 spiro atoms. The Morgan fingerprint density at radius 3 is 2.95 bits per heavy atom. The Balaban J connectivity index is 1.88. The SMILES string of the molecule is Fc1cccc2c1nc(CCCl)n2CCCC1CC1. The van der Waals surface area contributed by atoms with Crippen molar-refractivity contribution in [3.8, 4) is 0 Å². The maximum Gasteiger partial charge on any atom is 0.151 e. The van der Waals surface area contributed by atoms with Gasteiger partial charge in [-0.2, -0.15) is 0 Å². The fraction of sp³-hybridized carbons (Fsp3) is 0.533. The van der Waals surface area contributed by atoms with Gasteiger partial charge in [-0.15, -0.1) is 11.6 Å². The first-order valence-electron chi connectivity index (χ1n) is 6.99. The van der Waals surface area contributed by atoms with E-state index in [-0.39, 0.29) is 5.82 Å². The standard InChI is InChI=1S/C15H18ClFN2/c16-9-8-14-18-15-12(17)4-1-5-13(15)19(14)10-2-3-11-6-7-11/h1,4-5,11H,2-3,6-10H2. The van der Waals surface area contributed by atoms with E-state index in [1.165, 1.54) is 25.3 Å². The molecule has 1 aliphatic carbocycles. The Morgan fingerprint density at radius 2 is 2.21 bits per heavy atom. The van der Waals surface area contributed by atoms with Crippen LogP contribution >= 0.6 is 11.6 Å². The Labute approximate surface area is 117 Å². The van der Waals surface area contributed by atoms with Gasteiger partial charge in [0.15, 0.2) is 5.82 Å². The van der Waals surface area contributed by atoms with E-state index in [9.17, 15) is 4.39 Å². The second-order valence-electron chi connectivity index (χ2n) is 5.31. The van der Waals surface area contributed by atoms with Crippen LogP contribution in [-0.2, 0) is 13.0 Å². The summed E-state index contributed by atoms with van der Waals surface area (Å²) in [6.45, 7) is 0.919. The van der Waals surface area contributed by atoms with Crippen molar-refractivity contribution in [1.29, 1.82) is 0 Å². The molecule has 19 heavy (non-hydrogen) atoms. The monoisotopic (exact) mass is 280 g/mol. The predicted octanol–water partition coefficient (Wildman–Crippen LogP) is 4.15. The number of nitrogens with zero attached hydrogens (tertiary/aromatic N) is 2. The molecule has 0 saturated heterocycles. The molecule has 1 aromatic carbocycles. The highest BCUT2D eigenvalue weighted by atomic mass is 35.5. The summed E-state index contributed by atoms with van der Waals surface area (Å²) in [7, 11) is 0. The van der Waals surface area contributed by atoms with Crippen LogP contribution < -0.4 is 0 Å². The number of hydrogen-bond acceptors (Lipinski definition) is 1. The molecule has 1 heterocycles. The highest BCUT2D eigenvalue weighted by molar-refractivity contribution is 6.17. The number of benzene rings is 1. The number of imidazole rings is 1. The van der Waals surface area contributed by atoms with Crippen LogP contribution in [0.1, 0.15) is 31.5 Å². The van der Waals surface area contributed by atoms with Gasteiger partial charge in [0.25, 0.3) is 0 Å².